The van der Waals surface area contributed by atoms with Gasteiger partial charge in [-0.25, -0.2) is 8.42 Å². The lowest BCUT2D eigenvalue weighted by atomic mass is 10.1. The summed E-state index contributed by atoms with van der Waals surface area (Å²) in [7, 11) is -2.90. The molecule has 0 saturated carbocycles. The van der Waals surface area contributed by atoms with E-state index in [4.69, 9.17) is 10.5 Å². The lowest BCUT2D eigenvalue weighted by Crippen LogP contribution is -2.47. The molecule has 0 spiro atoms. The monoisotopic (exact) mass is 341 g/mol. The minimum Gasteiger partial charge on any atom is -0.492 e. The zero-order chi connectivity index (χ0) is 17.0. The van der Waals surface area contributed by atoms with Crippen molar-refractivity contribution in [2.24, 2.45) is 0 Å². The fourth-order valence-electron chi connectivity index (χ4n) is 2.83. The molecule has 0 aliphatic carbocycles. The van der Waals surface area contributed by atoms with Gasteiger partial charge in [-0.15, -0.1) is 0 Å². The molecule has 130 valence electrons. The molecule has 1 saturated heterocycles. The maximum atomic E-state index is 11.3. The first kappa shape index (κ1) is 17.9. The van der Waals surface area contributed by atoms with Crippen LogP contribution in [0.2, 0.25) is 0 Å². The van der Waals surface area contributed by atoms with Crippen LogP contribution in [0.1, 0.15) is 12.5 Å². The zero-order valence-electron chi connectivity index (χ0n) is 14.2. The Labute approximate surface area is 139 Å². The van der Waals surface area contributed by atoms with E-state index in [0.717, 1.165) is 43.2 Å². The molecule has 2 rings (SSSR count). The molecule has 23 heavy (non-hydrogen) atoms. The van der Waals surface area contributed by atoms with Gasteiger partial charge in [0.15, 0.2) is 0 Å². The van der Waals surface area contributed by atoms with Gasteiger partial charge in [-0.3, -0.25) is 4.90 Å². The molecule has 1 fully saturated rings. The second-order valence-corrected chi connectivity index (χ2v) is 8.33. The van der Waals surface area contributed by atoms with Crippen molar-refractivity contribution in [2.45, 2.75) is 13.8 Å². The van der Waals surface area contributed by atoms with Gasteiger partial charge in [0.2, 0.25) is 0 Å². The number of benzene rings is 1. The molecule has 1 aromatic carbocycles. The van der Waals surface area contributed by atoms with E-state index in [1.165, 1.54) is 6.26 Å². The van der Waals surface area contributed by atoms with Crippen LogP contribution in [0.3, 0.4) is 0 Å². The fourth-order valence-corrected chi connectivity index (χ4v) is 3.42. The van der Waals surface area contributed by atoms with E-state index in [-0.39, 0.29) is 5.75 Å². The van der Waals surface area contributed by atoms with Crippen molar-refractivity contribution in [3.63, 3.8) is 0 Å². The summed E-state index contributed by atoms with van der Waals surface area (Å²) in [5.41, 5.74) is 8.94. The van der Waals surface area contributed by atoms with Gasteiger partial charge >= 0.3 is 0 Å². The second-order valence-electron chi connectivity index (χ2n) is 6.07. The summed E-state index contributed by atoms with van der Waals surface area (Å²) >= 11 is 0. The van der Waals surface area contributed by atoms with Gasteiger partial charge < -0.3 is 15.4 Å². The topological polar surface area (TPSA) is 75.9 Å². The predicted octanol–water partition coefficient (Wildman–Crippen LogP) is 1.14. The number of ether oxygens (including phenoxy) is 1. The average Bonchev–Trinajstić information content (AvgIpc) is 2.48. The number of nitrogens with zero attached hydrogens (tertiary/aromatic N) is 2. The third kappa shape index (κ3) is 5.00. The molecule has 2 N–H and O–H groups in total. The summed E-state index contributed by atoms with van der Waals surface area (Å²) in [4.78, 5) is 4.52. The minimum absolute atomic E-state index is 0.225. The number of rotatable bonds is 6. The summed E-state index contributed by atoms with van der Waals surface area (Å²) < 4.78 is 28.1. The van der Waals surface area contributed by atoms with Crippen LogP contribution < -0.4 is 15.4 Å². The van der Waals surface area contributed by atoms with Crippen LogP contribution in [0, 0.1) is 6.92 Å². The lowest BCUT2D eigenvalue weighted by molar-refractivity contribution is 0.271. The Morgan fingerprint density at radius 2 is 1.87 bits per heavy atom. The lowest BCUT2D eigenvalue weighted by Gasteiger charge is -2.37. The summed E-state index contributed by atoms with van der Waals surface area (Å²) in [5.74, 6) is 0.954. The van der Waals surface area contributed by atoms with E-state index in [1.54, 1.807) is 0 Å². The quantitative estimate of drug-likeness (QED) is 0.782. The Bertz CT molecular complexity index is 638. The number of nitrogens with two attached hydrogens (primary N) is 1. The van der Waals surface area contributed by atoms with Gasteiger partial charge in [-0.1, -0.05) is 0 Å². The van der Waals surface area contributed by atoms with Crippen molar-refractivity contribution in [1.82, 2.24) is 4.90 Å². The van der Waals surface area contributed by atoms with Gasteiger partial charge in [-0.05, 0) is 25.5 Å². The van der Waals surface area contributed by atoms with Crippen molar-refractivity contribution in [2.75, 3.05) is 62.0 Å². The van der Waals surface area contributed by atoms with E-state index >= 15 is 0 Å². The zero-order valence-corrected chi connectivity index (χ0v) is 15.0. The van der Waals surface area contributed by atoms with Gasteiger partial charge in [0.25, 0.3) is 0 Å². The summed E-state index contributed by atoms with van der Waals surface area (Å²) in [6, 6.07) is 3.97. The Balaban J connectivity index is 2.01. The van der Waals surface area contributed by atoms with E-state index < -0.39 is 9.84 Å². The second kappa shape index (κ2) is 7.40. The Hall–Kier alpha value is -1.47. The molecule has 0 atom stereocenters. The number of hydrogen-bond acceptors (Lipinski definition) is 6. The first-order valence-electron chi connectivity index (χ1n) is 7.98. The molecule has 0 bridgehead atoms. The number of anilines is 2. The molecule has 1 aliphatic heterocycles. The van der Waals surface area contributed by atoms with E-state index in [9.17, 15) is 8.42 Å². The first-order chi connectivity index (χ1) is 10.8. The number of aryl methyl sites for hydroxylation is 1. The number of piperazine rings is 1. The van der Waals surface area contributed by atoms with Crippen LogP contribution >= 0.6 is 0 Å². The molecule has 6 nitrogen and oxygen atoms in total. The molecular formula is C16H27N3O3S. The Morgan fingerprint density at radius 1 is 1.22 bits per heavy atom. The molecule has 0 aromatic heterocycles. The van der Waals surface area contributed by atoms with Crippen LogP contribution in [0.4, 0.5) is 11.4 Å². The molecule has 0 radical (unpaired) electrons. The van der Waals surface area contributed by atoms with Crippen molar-refractivity contribution >= 4 is 21.2 Å². The molecule has 7 heteroatoms. The summed E-state index contributed by atoms with van der Waals surface area (Å²) in [6.07, 6.45) is 1.29. The highest BCUT2D eigenvalue weighted by molar-refractivity contribution is 7.90. The predicted molar refractivity (Wildman–Crippen MR) is 95.1 cm³/mol. The standard InChI is InChI=1S/C16H27N3O3S/c1-4-22-16-12-15(13(2)11-14(16)17)19-7-5-18(6-8-19)9-10-23(3,20)21/h11-12H,4-10,17H2,1-3H3. The van der Waals surface area contributed by atoms with Crippen molar-refractivity contribution in [1.29, 1.82) is 0 Å². The molecule has 1 heterocycles. The smallest absolute Gasteiger partial charge is 0.148 e. The highest BCUT2D eigenvalue weighted by atomic mass is 32.2. The number of hydrogen-bond donors (Lipinski definition) is 1. The van der Waals surface area contributed by atoms with Crippen molar-refractivity contribution < 1.29 is 13.2 Å². The largest absolute Gasteiger partial charge is 0.492 e. The highest BCUT2D eigenvalue weighted by Crippen LogP contribution is 2.32. The van der Waals surface area contributed by atoms with E-state index in [2.05, 4.69) is 16.7 Å². The van der Waals surface area contributed by atoms with Crippen molar-refractivity contribution in [3.05, 3.63) is 17.7 Å². The third-order valence-corrected chi connectivity index (χ3v) is 5.04. The number of nitrogen functional groups attached to an aromatic ring is 1. The fraction of sp³-hybridized carbons (Fsp3) is 0.625. The van der Waals surface area contributed by atoms with Crippen molar-refractivity contribution in [3.8, 4) is 5.75 Å². The van der Waals surface area contributed by atoms with Gasteiger partial charge in [-0.2, -0.15) is 0 Å². The first-order valence-corrected chi connectivity index (χ1v) is 10.0. The van der Waals surface area contributed by atoms with E-state index in [0.29, 0.717) is 18.8 Å². The van der Waals surface area contributed by atoms with Gasteiger partial charge in [0, 0.05) is 50.7 Å². The normalized spacial score (nSPS) is 16.6. The summed E-state index contributed by atoms with van der Waals surface area (Å²) in [6.45, 7) is 8.67. The summed E-state index contributed by atoms with van der Waals surface area (Å²) in [5, 5.41) is 0. The van der Waals surface area contributed by atoms with E-state index in [1.807, 2.05) is 19.1 Å². The number of sulfone groups is 1. The van der Waals surface area contributed by atoms with Crippen LogP contribution in [0.25, 0.3) is 0 Å². The maximum Gasteiger partial charge on any atom is 0.148 e. The average molecular weight is 341 g/mol. The van der Waals surface area contributed by atoms with Crippen LogP contribution in [-0.4, -0.2) is 64.7 Å². The molecule has 1 aromatic rings. The van der Waals surface area contributed by atoms with Gasteiger partial charge in [0.1, 0.15) is 15.6 Å². The molecule has 0 unspecified atom stereocenters. The molecular weight excluding hydrogens is 314 g/mol. The Kier molecular flexibility index (Phi) is 5.75. The molecule has 0 amide bonds. The van der Waals surface area contributed by atoms with Gasteiger partial charge in [0.05, 0.1) is 18.0 Å². The maximum absolute atomic E-state index is 11.3. The minimum atomic E-state index is -2.90. The third-order valence-electron chi connectivity index (χ3n) is 4.12. The van der Waals surface area contributed by atoms with Crippen LogP contribution in [0.5, 0.6) is 5.75 Å². The highest BCUT2D eigenvalue weighted by Gasteiger charge is 2.20. The van der Waals surface area contributed by atoms with Crippen LogP contribution in [-0.2, 0) is 9.84 Å². The van der Waals surface area contributed by atoms with Crippen LogP contribution in [0.15, 0.2) is 12.1 Å². The SMILES string of the molecule is CCOc1cc(N2CCN(CCS(C)(=O)=O)CC2)c(C)cc1N. The molecule has 1 aliphatic rings. The Morgan fingerprint density at radius 3 is 2.43 bits per heavy atom.